The number of β-lactam (4-membered cyclic amide) rings is 1. The minimum atomic E-state index is -1.33. The minimum absolute atomic E-state index is 0.0312. The molecule has 1 aromatic rings. The number of amides is 1. The Morgan fingerprint density at radius 3 is 2.71 bits per heavy atom. The highest BCUT2D eigenvalue weighted by molar-refractivity contribution is 8.02. The maximum Gasteiger partial charge on any atom is 0.266 e. The highest BCUT2D eigenvalue weighted by atomic mass is 32.2. The van der Waals surface area contributed by atoms with Gasteiger partial charge < -0.3 is 19.9 Å². The highest BCUT2D eigenvalue weighted by Crippen LogP contribution is 2.50. The molecule has 2 aliphatic rings. The molecule has 1 N–H and O–H groups in total. The Morgan fingerprint density at radius 1 is 1.54 bits per heavy atom. The van der Waals surface area contributed by atoms with E-state index >= 15 is 0 Å². The molecule has 3 rings (SSSR count). The van der Waals surface area contributed by atoms with Gasteiger partial charge in [0.15, 0.2) is 0 Å². The van der Waals surface area contributed by atoms with E-state index in [4.69, 9.17) is 0 Å². The van der Waals surface area contributed by atoms with Gasteiger partial charge >= 0.3 is 0 Å². The number of nitrogens with zero attached hydrogens (tertiary/aromatic N) is 3. The van der Waals surface area contributed by atoms with Gasteiger partial charge in [-0.1, -0.05) is 6.92 Å². The summed E-state index contributed by atoms with van der Waals surface area (Å²) in [6.45, 7) is 3.48. The lowest BCUT2D eigenvalue weighted by molar-refractivity contribution is -0.677. The number of carbonyl (C=O) groups excluding carboxylic acids is 2. The number of aromatic nitrogens is 2. The summed E-state index contributed by atoms with van der Waals surface area (Å²) in [6.07, 6.45) is 3.07. The van der Waals surface area contributed by atoms with Gasteiger partial charge in [0, 0.05) is 10.8 Å². The molecule has 0 spiro atoms. The van der Waals surface area contributed by atoms with E-state index in [1.165, 1.54) is 16.7 Å². The van der Waals surface area contributed by atoms with Crippen molar-refractivity contribution in [1.29, 1.82) is 0 Å². The number of imidazole rings is 1. The Hall–Kier alpha value is -1.80. The zero-order valence-electron chi connectivity index (χ0n) is 14.1. The van der Waals surface area contributed by atoms with Crippen LogP contribution in [0.4, 0.5) is 0 Å². The fourth-order valence-corrected chi connectivity index (χ4v) is 5.09. The van der Waals surface area contributed by atoms with Crippen LogP contribution in [0.2, 0.25) is 0 Å². The number of fused-ring (bicyclic) bond motifs is 1. The second-order valence-corrected chi connectivity index (χ2v) is 7.50. The molecular formula is C16H21N3O4S. The van der Waals surface area contributed by atoms with Gasteiger partial charge in [-0.25, -0.2) is 9.13 Å². The molecule has 0 bridgehead atoms. The number of aryl methyl sites for hydroxylation is 2. The van der Waals surface area contributed by atoms with Gasteiger partial charge in [-0.05, 0) is 6.92 Å². The fraction of sp³-hybridized carbons (Fsp3) is 0.562. The average Bonchev–Trinajstić information content (AvgIpc) is 2.93. The van der Waals surface area contributed by atoms with Crippen LogP contribution in [0.25, 0.3) is 0 Å². The number of thioether (sulfide) groups is 1. The molecule has 7 nitrogen and oxygen atoms in total. The number of aliphatic carboxylic acids is 1. The first-order chi connectivity index (χ1) is 11.3. The van der Waals surface area contributed by atoms with Gasteiger partial charge in [0.1, 0.15) is 12.4 Å². The highest BCUT2D eigenvalue weighted by Gasteiger charge is 2.58. The van der Waals surface area contributed by atoms with Crippen LogP contribution < -0.4 is 9.67 Å². The summed E-state index contributed by atoms with van der Waals surface area (Å²) >= 11 is 1.42. The lowest BCUT2D eigenvalue weighted by Crippen LogP contribution is -2.64. The van der Waals surface area contributed by atoms with E-state index < -0.39 is 18.0 Å². The number of carboxylic acid groups (broad SMARTS) is 1. The van der Waals surface area contributed by atoms with Crippen LogP contribution in [0, 0.1) is 11.8 Å². The molecule has 1 fully saturated rings. The maximum absolute atomic E-state index is 12.3. The van der Waals surface area contributed by atoms with Gasteiger partial charge in [0.25, 0.3) is 5.82 Å². The third-order valence-electron chi connectivity index (χ3n) is 4.99. The van der Waals surface area contributed by atoms with E-state index in [1.54, 1.807) is 6.92 Å². The van der Waals surface area contributed by atoms with Crippen molar-refractivity contribution in [2.24, 2.45) is 25.9 Å². The van der Waals surface area contributed by atoms with E-state index in [0.29, 0.717) is 10.7 Å². The number of carbonyl (C=O) groups is 2. The predicted octanol–water partition coefficient (Wildman–Crippen LogP) is -1.10. The molecule has 2 aliphatic heterocycles. The Balaban J connectivity index is 1.88. The Morgan fingerprint density at radius 2 is 2.21 bits per heavy atom. The number of aliphatic hydroxyl groups is 1. The molecule has 2 unspecified atom stereocenters. The molecule has 130 valence electrons. The lowest BCUT2D eigenvalue weighted by Gasteiger charge is -2.47. The molecule has 4 atom stereocenters. The van der Waals surface area contributed by atoms with E-state index in [9.17, 15) is 19.8 Å². The lowest BCUT2D eigenvalue weighted by atomic mass is 9.79. The topological polar surface area (TPSA) is 89.5 Å². The fourth-order valence-electron chi connectivity index (χ4n) is 3.67. The van der Waals surface area contributed by atoms with Crippen molar-refractivity contribution in [3.05, 3.63) is 28.8 Å². The molecule has 1 saturated heterocycles. The Labute approximate surface area is 144 Å². The summed E-state index contributed by atoms with van der Waals surface area (Å²) in [5.74, 6) is -0.721. The van der Waals surface area contributed by atoms with Gasteiger partial charge in [0.05, 0.1) is 49.6 Å². The van der Waals surface area contributed by atoms with Crippen LogP contribution in [0.15, 0.2) is 23.0 Å². The maximum atomic E-state index is 12.3. The smallest absolute Gasteiger partial charge is 0.266 e. The Bertz CT molecular complexity index is 720. The first-order valence-corrected chi connectivity index (χ1v) is 8.83. The molecule has 0 radical (unpaired) electrons. The van der Waals surface area contributed by atoms with Crippen molar-refractivity contribution < 1.29 is 24.4 Å². The summed E-state index contributed by atoms with van der Waals surface area (Å²) in [4.78, 5) is 25.8. The average molecular weight is 351 g/mol. The van der Waals surface area contributed by atoms with Crippen LogP contribution >= 0.6 is 11.8 Å². The third-order valence-corrected chi connectivity index (χ3v) is 6.27. The number of hydrogen-bond donors (Lipinski definition) is 1. The molecule has 24 heavy (non-hydrogen) atoms. The zero-order chi connectivity index (χ0) is 17.8. The molecule has 0 aromatic carbocycles. The van der Waals surface area contributed by atoms with Gasteiger partial charge in [-0.2, -0.15) is 0 Å². The normalized spacial score (nSPS) is 27.3. The molecule has 8 heteroatoms. The molecule has 3 heterocycles. The van der Waals surface area contributed by atoms with E-state index in [2.05, 4.69) is 0 Å². The van der Waals surface area contributed by atoms with Crippen molar-refractivity contribution in [3.63, 3.8) is 0 Å². The minimum Gasteiger partial charge on any atom is -0.543 e. The van der Waals surface area contributed by atoms with Crippen molar-refractivity contribution in [2.75, 3.05) is 0 Å². The second-order valence-electron chi connectivity index (χ2n) is 6.48. The number of rotatable bonds is 5. The largest absolute Gasteiger partial charge is 0.543 e. The summed E-state index contributed by atoms with van der Waals surface area (Å²) < 4.78 is 3.95. The van der Waals surface area contributed by atoms with Gasteiger partial charge in [-0.15, -0.1) is 11.8 Å². The van der Waals surface area contributed by atoms with Crippen LogP contribution in [-0.4, -0.2) is 38.6 Å². The molecule has 1 amide bonds. The summed E-state index contributed by atoms with van der Waals surface area (Å²) in [7, 11) is 3.87. The van der Waals surface area contributed by atoms with Gasteiger partial charge in [-0.3, -0.25) is 4.79 Å². The van der Waals surface area contributed by atoms with Crippen molar-refractivity contribution >= 4 is 23.6 Å². The SMILES string of the molecule is CC(O)[C@H]1C(=O)N2C(C(=O)[O-])=C(SCc3n(C)cc[n+]3C)[C@H](C)C12. The molecule has 0 saturated carbocycles. The molecular weight excluding hydrogens is 330 g/mol. The first kappa shape index (κ1) is 17.0. The summed E-state index contributed by atoms with van der Waals surface area (Å²) in [5.41, 5.74) is -0.0312. The van der Waals surface area contributed by atoms with E-state index in [0.717, 1.165) is 5.82 Å². The van der Waals surface area contributed by atoms with Crippen LogP contribution in [0.3, 0.4) is 0 Å². The van der Waals surface area contributed by atoms with Crippen LogP contribution in [0.5, 0.6) is 0 Å². The first-order valence-electron chi connectivity index (χ1n) is 7.85. The second kappa shape index (κ2) is 5.93. The summed E-state index contributed by atoms with van der Waals surface area (Å²) in [5, 5.41) is 21.4. The predicted molar refractivity (Wildman–Crippen MR) is 84.9 cm³/mol. The van der Waals surface area contributed by atoms with Gasteiger partial charge in [0.2, 0.25) is 5.91 Å². The standard InChI is InChI=1S/C16H21N3O4S/c1-8-12-11(9(2)20)15(21)19(12)13(16(22)23)14(8)24-7-10-17(3)5-6-18(10)4/h5-6,8-9,11-12,20H,7H2,1-4H3/t8-,9?,11-,12?/m1/s1. The van der Waals surface area contributed by atoms with Crippen LogP contribution in [0.1, 0.15) is 19.7 Å². The van der Waals surface area contributed by atoms with E-state index in [-0.39, 0.29) is 23.6 Å². The number of hydrogen-bond acceptors (Lipinski definition) is 5. The quantitative estimate of drug-likeness (QED) is 0.537. The van der Waals surface area contributed by atoms with Crippen molar-refractivity contribution in [1.82, 2.24) is 9.47 Å². The van der Waals surface area contributed by atoms with Crippen LogP contribution in [-0.2, 0) is 29.4 Å². The number of aliphatic hydroxyl groups excluding tert-OH is 1. The monoisotopic (exact) mass is 351 g/mol. The van der Waals surface area contributed by atoms with Crippen molar-refractivity contribution in [2.45, 2.75) is 31.7 Å². The summed E-state index contributed by atoms with van der Waals surface area (Å²) in [6, 6.07) is -0.296. The number of carboxylic acids is 1. The zero-order valence-corrected chi connectivity index (χ0v) is 14.9. The van der Waals surface area contributed by atoms with E-state index in [1.807, 2.05) is 42.5 Å². The third kappa shape index (κ3) is 2.36. The molecule has 1 aromatic heterocycles. The molecule has 0 aliphatic carbocycles. The van der Waals surface area contributed by atoms with Crippen molar-refractivity contribution in [3.8, 4) is 0 Å². The Kier molecular flexibility index (Phi) is 4.21.